The first kappa shape index (κ1) is 16.3. The monoisotopic (exact) mass is 354 g/mol. The number of benzene rings is 1. The molecule has 1 amide bonds. The Hall–Kier alpha value is -1.85. The summed E-state index contributed by atoms with van der Waals surface area (Å²) >= 11 is 0. The van der Waals surface area contributed by atoms with Crippen LogP contribution in [-0.4, -0.2) is 53.8 Å². The molecule has 2 saturated heterocycles. The summed E-state index contributed by atoms with van der Waals surface area (Å²) < 4.78 is 12.2. The molecule has 1 spiro atoms. The van der Waals surface area contributed by atoms with E-state index in [2.05, 4.69) is 4.98 Å². The van der Waals surface area contributed by atoms with Crippen LogP contribution in [0.3, 0.4) is 0 Å². The average molecular weight is 354 g/mol. The fourth-order valence-electron chi connectivity index (χ4n) is 4.39. The smallest absolute Gasteiger partial charge is 0.253 e. The molecular formula is C21H26N2O3. The van der Waals surface area contributed by atoms with Crippen LogP contribution < -0.4 is 0 Å². The number of piperidine rings is 1. The van der Waals surface area contributed by atoms with Gasteiger partial charge >= 0.3 is 0 Å². The first-order chi connectivity index (χ1) is 12.7. The number of H-pyrrole nitrogens is 1. The van der Waals surface area contributed by atoms with Crippen molar-refractivity contribution in [3.63, 3.8) is 0 Å². The van der Waals surface area contributed by atoms with E-state index in [-0.39, 0.29) is 17.6 Å². The van der Waals surface area contributed by atoms with E-state index < -0.39 is 0 Å². The predicted octanol–water partition coefficient (Wildman–Crippen LogP) is 3.36. The van der Waals surface area contributed by atoms with Gasteiger partial charge in [0.2, 0.25) is 0 Å². The van der Waals surface area contributed by atoms with Gasteiger partial charge in [-0.05, 0) is 55.9 Å². The van der Waals surface area contributed by atoms with E-state index in [0.717, 1.165) is 54.8 Å². The molecule has 0 bridgehead atoms. The lowest BCUT2D eigenvalue weighted by Crippen LogP contribution is -2.50. The van der Waals surface area contributed by atoms with Crippen LogP contribution in [0.15, 0.2) is 30.5 Å². The molecule has 138 valence electrons. The number of hydrogen-bond acceptors (Lipinski definition) is 3. The molecule has 5 nitrogen and oxygen atoms in total. The Labute approximate surface area is 153 Å². The molecule has 1 aliphatic carbocycles. The van der Waals surface area contributed by atoms with Gasteiger partial charge in [-0.2, -0.15) is 0 Å². The third kappa shape index (κ3) is 3.14. The van der Waals surface area contributed by atoms with Crippen LogP contribution in [-0.2, 0) is 9.47 Å². The van der Waals surface area contributed by atoms with E-state index in [4.69, 9.17) is 9.47 Å². The number of ether oxygens (including phenoxy) is 2. The number of rotatable bonds is 4. The number of amides is 1. The second kappa shape index (κ2) is 6.39. The minimum atomic E-state index is -0.208. The molecule has 0 unspecified atom stereocenters. The summed E-state index contributed by atoms with van der Waals surface area (Å²) in [7, 11) is 0. The van der Waals surface area contributed by atoms with Gasteiger partial charge in [-0.25, -0.2) is 0 Å². The number of carbonyl (C=O) groups is 1. The fraction of sp³-hybridized carbons (Fsp3) is 0.571. The Morgan fingerprint density at radius 2 is 2.27 bits per heavy atom. The largest absolute Gasteiger partial charge is 0.375 e. The van der Waals surface area contributed by atoms with Crippen LogP contribution in [0.2, 0.25) is 0 Å². The van der Waals surface area contributed by atoms with E-state index in [1.54, 1.807) is 0 Å². The summed E-state index contributed by atoms with van der Waals surface area (Å²) in [5.41, 5.74) is 1.61. The van der Waals surface area contributed by atoms with Crippen molar-refractivity contribution < 1.29 is 14.3 Å². The van der Waals surface area contributed by atoms with Gasteiger partial charge in [0.05, 0.1) is 24.9 Å². The molecule has 1 aromatic heterocycles. The van der Waals surface area contributed by atoms with Crippen LogP contribution >= 0.6 is 0 Å². The zero-order valence-corrected chi connectivity index (χ0v) is 15.1. The van der Waals surface area contributed by atoms with Gasteiger partial charge in [0, 0.05) is 42.2 Å². The standard InChI is InChI=1S/C21H26N2O3/c24-20(17-4-5-19-16(10-17)6-8-22-19)23-9-1-7-21(14-23)11-18(13-26-21)25-12-15-2-3-15/h4-6,8,10,15,18,22H,1-3,7,9,11-14H2/t18-,21+/m1/s1. The van der Waals surface area contributed by atoms with Crippen molar-refractivity contribution in [2.75, 3.05) is 26.3 Å². The van der Waals surface area contributed by atoms with Crippen molar-refractivity contribution in [1.82, 2.24) is 9.88 Å². The molecule has 5 heteroatoms. The molecule has 2 aliphatic heterocycles. The summed E-state index contributed by atoms with van der Waals surface area (Å²) in [5, 5.41) is 1.08. The molecular weight excluding hydrogens is 328 g/mol. The summed E-state index contributed by atoms with van der Waals surface area (Å²) in [6.45, 7) is 3.04. The molecule has 1 saturated carbocycles. The topological polar surface area (TPSA) is 54.6 Å². The summed E-state index contributed by atoms with van der Waals surface area (Å²) in [6, 6.07) is 7.88. The third-order valence-corrected chi connectivity index (χ3v) is 6.07. The predicted molar refractivity (Wildman–Crippen MR) is 99.2 cm³/mol. The van der Waals surface area contributed by atoms with E-state index in [9.17, 15) is 4.79 Å². The molecule has 1 N–H and O–H groups in total. The Morgan fingerprint density at radius 1 is 1.35 bits per heavy atom. The number of likely N-dealkylation sites (tertiary alicyclic amines) is 1. The van der Waals surface area contributed by atoms with Crippen LogP contribution in [0, 0.1) is 5.92 Å². The van der Waals surface area contributed by atoms with Gasteiger partial charge in [-0.15, -0.1) is 0 Å². The first-order valence-corrected chi connectivity index (χ1v) is 9.83. The lowest BCUT2D eigenvalue weighted by molar-refractivity contribution is -0.0464. The minimum absolute atomic E-state index is 0.109. The Morgan fingerprint density at radius 3 is 3.15 bits per heavy atom. The van der Waals surface area contributed by atoms with E-state index in [1.165, 1.54) is 12.8 Å². The zero-order chi connectivity index (χ0) is 17.6. The SMILES string of the molecule is O=C(c1ccc2[nH]ccc2c1)N1CCC[C@]2(C[C@@H](OCC3CC3)CO2)C1. The molecule has 5 rings (SSSR count). The number of hydrogen-bond donors (Lipinski definition) is 1. The number of aromatic nitrogens is 1. The number of carbonyl (C=O) groups excluding carboxylic acids is 1. The third-order valence-electron chi connectivity index (χ3n) is 6.07. The number of nitrogens with one attached hydrogen (secondary N) is 1. The second-order valence-corrected chi connectivity index (χ2v) is 8.21. The van der Waals surface area contributed by atoms with E-state index in [0.29, 0.717) is 13.2 Å². The molecule has 3 heterocycles. The van der Waals surface area contributed by atoms with Crippen molar-refractivity contribution in [3.05, 3.63) is 36.0 Å². The quantitative estimate of drug-likeness (QED) is 0.916. The highest BCUT2D eigenvalue weighted by Crippen LogP contribution is 2.37. The van der Waals surface area contributed by atoms with E-state index in [1.807, 2.05) is 35.4 Å². The van der Waals surface area contributed by atoms with Gasteiger partial charge in [0.25, 0.3) is 5.91 Å². The van der Waals surface area contributed by atoms with Crippen molar-refractivity contribution in [2.45, 2.75) is 43.8 Å². The summed E-state index contributed by atoms with van der Waals surface area (Å²) in [6.07, 6.45) is 7.66. The molecule has 3 aliphatic rings. The highest BCUT2D eigenvalue weighted by atomic mass is 16.6. The maximum atomic E-state index is 13.0. The van der Waals surface area contributed by atoms with Gasteiger partial charge in [-0.3, -0.25) is 4.79 Å². The molecule has 3 fully saturated rings. The van der Waals surface area contributed by atoms with Crippen LogP contribution in [0.25, 0.3) is 10.9 Å². The Bertz CT molecular complexity index is 812. The van der Waals surface area contributed by atoms with Crippen molar-refractivity contribution in [3.8, 4) is 0 Å². The van der Waals surface area contributed by atoms with Crippen molar-refractivity contribution >= 4 is 16.8 Å². The second-order valence-electron chi connectivity index (χ2n) is 8.21. The van der Waals surface area contributed by atoms with Crippen LogP contribution in [0.4, 0.5) is 0 Å². The average Bonchev–Trinajstić information content (AvgIpc) is 3.24. The molecule has 1 aromatic carbocycles. The lowest BCUT2D eigenvalue weighted by Gasteiger charge is -2.39. The highest BCUT2D eigenvalue weighted by molar-refractivity contribution is 5.98. The summed E-state index contributed by atoms with van der Waals surface area (Å²) in [5.74, 6) is 0.887. The Balaban J connectivity index is 1.26. The number of aromatic amines is 1. The molecule has 26 heavy (non-hydrogen) atoms. The molecule has 2 aromatic rings. The number of nitrogens with zero attached hydrogens (tertiary/aromatic N) is 1. The lowest BCUT2D eigenvalue weighted by atomic mass is 9.89. The van der Waals surface area contributed by atoms with Gasteiger partial charge < -0.3 is 19.4 Å². The Kier molecular flexibility index (Phi) is 4.02. The van der Waals surface area contributed by atoms with Crippen molar-refractivity contribution in [1.29, 1.82) is 0 Å². The van der Waals surface area contributed by atoms with Crippen LogP contribution in [0.5, 0.6) is 0 Å². The van der Waals surface area contributed by atoms with Gasteiger partial charge in [-0.1, -0.05) is 0 Å². The first-order valence-electron chi connectivity index (χ1n) is 9.83. The maximum absolute atomic E-state index is 13.0. The fourth-order valence-corrected chi connectivity index (χ4v) is 4.39. The number of fused-ring (bicyclic) bond motifs is 1. The summed E-state index contributed by atoms with van der Waals surface area (Å²) in [4.78, 5) is 18.2. The van der Waals surface area contributed by atoms with Crippen LogP contribution in [0.1, 0.15) is 42.5 Å². The highest BCUT2D eigenvalue weighted by Gasteiger charge is 2.45. The molecule has 0 radical (unpaired) electrons. The minimum Gasteiger partial charge on any atom is -0.375 e. The maximum Gasteiger partial charge on any atom is 0.253 e. The van der Waals surface area contributed by atoms with Gasteiger partial charge in [0.1, 0.15) is 0 Å². The zero-order valence-electron chi connectivity index (χ0n) is 15.1. The van der Waals surface area contributed by atoms with Crippen molar-refractivity contribution in [2.24, 2.45) is 5.92 Å². The van der Waals surface area contributed by atoms with Gasteiger partial charge in [0.15, 0.2) is 0 Å². The normalized spacial score (nSPS) is 28.9. The molecule has 2 atom stereocenters. The van der Waals surface area contributed by atoms with E-state index >= 15 is 0 Å².